The van der Waals surface area contributed by atoms with Gasteiger partial charge in [0, 0.05) is 29.1 Å². The minimum Gasteiger partial charge on any atom is -0.497 e. The van der Waals surface area contributed by atoms with Crippen molar-refractivity contribution in [3.8, 4) is 22.7 Å². The first-order chi connectivity index (χ1) is 14.7. The van der Waals surface area contributed by atoms with Gasteiger partial charge in [0.15, 0.2) is 5.69 Å². The van der Waals surface area contributed by atoms with Gasteiger partial charge in [-0.15, -0.1) is 0 Å². The zero-order valence-electron chi connectivity index (χ0n) is 16.5. The van der Waals surface area contributed by atoms with Gasteiger partial charge in [0.2, 0.25) is 0 Å². The number of amides is 1. The molecule has 0 saturated carbocycles. The standard InChI is InChI=1S/C22H21N3O4S/c1-28-16-7-8-19-17(13-16)21-18(14-30(19)27)20(22(26)24-9-11-29-12-10-24)23-25(21)15-5-3-2-4-6-15/h2-8,13H,9-12,14H2,1H3. The smallest absolute Gasteiger partial charge is 0.274 e. The molecule has 1 amide bonds. The summed E-state index contributed by atoms with van der Waals surface area (Å²) in [5.41, 5.74) is 3.50. The highest BCUT2D eigenvalue weighted by Crippen LogP contribution is 2.41. The molecule has 3 aromatic rings. The van der Waals surface area contributed by atoms with Crippen LogP contribution in [0.4, 0.5) is 0 Å². The van der Waals surface area contributed by atoms with Crippen LogP contribution in [0.25, 0.3) is 16.9 Å². The van der Waals surface area contributed by atoms with E-state index in [1.807, 2.05) is 48.5 Å². The molecule has 7 nitrogen and oxygen atoms in total. The SMILES string of the molecule is COc1ccc2c(c1)-c1c(c(C(=O)N3CCOCC3)nn1-c1ccccc1)CS2=O. The number of carbonyl (C=O) groups is 1. The highest BCUT2D eigenvalue weighted by Gasteiger charge is 2.34. The van der Waals surface area contributed by atoms with Gasteiger partial charge in [0.1, 0.15) is 5.75 Å². The Kier molecular flexibility index (Phi) is 4.88. The van der Waals surface area contributed by atoms with Gasteiger partial charge in [-0.2, -0.15) is 5.10 Å². The fraction of sp³-hybridized carbons (Fsp3) is 0.273. The van der Waals surface area contributed by atoms with Crippen LogP contribution >= 0.6 is 0 Å². The van der Waals surface area contributed by atoms with Crippen molar-refractivity contribution in [3.63, 3.8) is 0 Å². The summed E-state index contributed by atoms with van der Waals surface area (Å²) in [7, 11) is 0.336. The largest absolute Gasteiger partial charge is 0.497 e. The Bertz CT molecular complexity index is 1140. The van der Waals surface area contributed by atoms with Crippen LogP contribution in [0, 0.1) is 0 Å². The molecular formula is C22H21N3O4S. The molecule has 2 aliphatic heterocycles. The van der Waals surface area contributed by atoms with Gasteiger partial charge in [-0.3, -0.25) is 9.00 Å². The second kappa shape index (κ2) is 7.70. The third-order valence-corrected chi connectivity index (χ3v) is 6.85. The number of ether oxygens (including phenoxy) is 2. The molecule has 0 radical (unpaired) electrons. The third kappa shape index (κ3) is 3.12. The van der Waals surface area contributed by atoms with E-state index < -0.39 is 10.8 Å². The fourth-order valence-corrected chi connectivity index (χ4v) is 5.25. The van der Waals surface area contributed by atoms with E-state index in [0.29, 0.717) is 37.7 Å². The summed E-state index contributed by atoms with van der Waals surface area (Å²) in [5.74, 6) is 0.778. The van der Waals surface area contributed by atoms with Crippen molar-refractivity contribution >= 4 is 16.7 Å². The highest BCUT2D eigenvalue weighted by atomic mass is 32.2. The molecule has 1 saturated heterocycles. The molecule has 2 aliphatic rings. The van der Waals surface area contributed by atoms with Gasteiger partial charge in [-0.25, -0.2) is 4.68 Å². The van der Waals surface area contributed by atoms with Crippen molar-refractivity contribution in [3.05, 3.63) is 59.8 Å². The van der Waals surface area contributed by atoms with E-state index in [4.69, 9.17) is 14.6 Å². The summed E-state index contributed by atoms with van der Waals surface area (Å²) in [5, 5.41) is 4.74. The third-order valence-electron chi connectivity index (χ3n) is 5.45. The molecule has 30 heavy (non-hydrogen) atoms. The molecule has 8 heteroatoms. The Morgan fingerprint density at radius 1 is 1.13 bits per heavy atom. The summed E-state index contributed by atoms with van der Waals surface area (Å²) in [6, 6.07) is 15.2. The maximum absolute atomic E-state index is 13.3. The Labute approximate surface area is 176 Å². The van der Waals surface area contributed by atoms with Gasteiger partial charge in [0.25, 0.3) is 5.91 Å². The second-order valence-corrected chi connectivity index (χ2v) is 8.60. The summed E-state index contributed by atoms with van der Waals surface area (Å²) >= 11 is 0. The first kappa shape index (κ1) is 19.0. The number of benzene rings is 2. The average molecular weight is 423 g/mol. The van der Waals surface area contributed by atoms with E-state index in [1.165, 1.54) is 0 Å². The van der Waals surface area contributed by atoms with Crippen LogP contribution in [-0.4, -0.2) is 58.2 Å². The molecule has 2 aromatic carbocycles. The number of methoxy groups -OCH3 is 1. The van der Waals surface area contributed by atoms with Crippen molar-refractivity contribution in [2.45, 2.75) is 10.6 Å². The zero-order valence-corrected chi connectivity index (χ0v) is 17.4. The molecule has 0 bridgehead atoms. The monoisotopic (exact) mass is 423 g/mol. The lowest BCUT2D eigenvalue weighted by Crippen LogP contribution is -2.41. The minimum absolute atomic E-state index is 0.146. The summed E-state index contributed by atoms with van der Waals surface area (Å²) in [6.45, 7) is 2.08. The number of rotatable bonds is 3. The molecule has 1 unspecified atom stereocenters. The van der Waals surface area contributed by atoms with E-state index in [2.05, 4.69) is 0 Å². The van der Waals surface area contributed by atoms with E-state index in [9.17, 15) is 9.00 Å². The average Bonchev–Trinajstić information content (AvgIpc) is 3.19. The Morgan fingerprint density at radius 3 is 2.63 bits per heavy atom. The van der Waals surface area contributed by atoms with Crippen molar-refractivity contribution in [1.29, 1.82) is 0 Å². The van der Waals surface area contributed by atoms with Crippen molar-refractivity contribution in [2.24, 2.45) is 0 Å². The van der Waals surface area contributed by atoms with Crippen LogP contribution in [0.2, 0.25) is 0 Å². The molecule has 0 aliphatic carbocycles. The molecule has 1 fully saturated rings. The number of nitrogens with zero attached hydrogens (tertiary/aromatic N) is 3. The highest BCUT2D eigenvalue weighted by molar-refractivity contribution is 7.84. The molecule has 0 N–H and O–H groups in total. The van der Waals surface area contributed by atoms with Crippen LogP contribution in [0.15, 0.2) is 53.4 Å². The van der Waals surface area contributed by atoms with Gasteiger partial charge < -0.3 is 14.4 Å². The van der Waals surface area contributed by atoms with Gasteiger partial charge >= 0.3 is 0 Å². The van der Waals surface area contributed by atoms with Gasteiger partial charge in [-0.05, 0) is 30.3 Å². The van der Waals surface area contributed by atoms with Crippen LogP contribution in [-0.2, 0) is 21.3 Å². The number of morpholine rings is 1. The van der Waals surface area contributed by atoms with E-state index in [1.54, 1.807) is 16.7 Å². The van der Waals surface area contributed by atoms with Gasteiger partial charge in [-0.1, -0.05) is 18.2 Å². The fourth-order valence-electron chi connectivity index (χ4n) is 3.94. The summed E-state index contributed by atoms with van der Waals surface area (Å²) in [6.07, 6.45) is 0. The zero-order chi connectivity index (χ0) is 20.7. The Hall–Kier alpha value is -2.97. The molecule has 5 rings (SSSR count). The van der Waals surface area contributed by atoms with Crippen LogP contribution in [0.1, 0.15) is 16.1 Å². The topological polar surface area (TPSA) is 73.7 Å². The van der Waals surface area contributed by atoms with Crippen LogP contribution in [0.5, 0.6) is 5.75 Å². The van der Waals surface area contributed by atoms with Crippen molar-refractivity contribution in [2.75, 3.05) is 33.4 Å². The van der Waals surface area contributed by atoms with Crippen molar-refractivity contribution < 1.29 is 18.5 Å². The molecule has 0 spiro atoms. The van der Waals surface area contributed by atoms with E-state index in [0.717, 1.165) is 27.4 Å². The van der Waals surface area contributed by atoms with Crippen LogP contribution in [0.3, 0.4) is 0 Å². The quantitative estimate of drug-likeness (QED) is 0.648. The first-order valence-corrected chi connectivity index (χ1v) is 11.1. The van der Waals surface area contributed by atoms with Gasteiger partial charge in [0.05, 0.1) is 48.3 Å². The number of fused-ring (bicyclic) bond motifs is 3. The second-order valence-electron chi connectivity index (χ2n) is 7.18. The number of carbonyl (C=O) groups excluding carboxylic acids is 1. The van der Waals surface area contributed by atoms with Crippen molar-refractivity contribution in [1.82, 2.24) is 14.7 Å². The molecule has 3 heterocycles. The van der Waals surface area contributed by atoms with Crippen LogP contribution < -0.4 is 4.74 Å². The number of aromatic nitrogens is 2. The molecule has 154 valence electrons. The Balaban J connectivity index is 1.73. The Morgan fingerprint density at radius 2 is 1.90 bits per heavy atom. The summed E-state index contributed by atoms with van der Waals surface area (Å²) < 4.78 is 25.6. The molecular weight excluding hydrogens is 402 g/mol. The normalized spacial score (nSPS) is 17.9. The van der Waals surface area contributed by atoms with E-state index in [-0.39, 0.29) is 11.7 Å². The minimum atomic E-state index is -1.27. The lowest BCUT2D eigenvalue weighted by Gasteiger charge is -2.26. The molecule has 1 aromatic heterocycles. The predicted octanol–water partition coefficient (Wildman–Crippen LogP) is 2.64. The maximum Gasteiger partial charge on any atom is 0.274 e. The lowest BCUT2D eigenvalue weighted by molar-refractivity contribution is 0.0298. The molecule has 1 atom stereocenters. The number of hydrogen-bond acceptors (Lipinski definition) is 5. The van der Waals surface area contributed by atoms with E-state index >= 15 is 0 Å². The predicted molar refractivity (Wildman–Crippen MR) is 112 cm³/mol. The lowest BCUT2D eigenvalue weighted by atomic mass is 10.0. The first-order valence-electron chi connectivity index (χ1n) is 9.78. The summed E-state index contributed by atoms with van der Waals surface area (Å²) in [4.78, 5) is 15.8. The number of para-hydroxylation sites is 1. The number of hydrogen-bond donors (Lipinski definition) is 0. The maximum atomic E-state index is 13.3.